The maximum absolute atomic E-state index is 13.7. The second kappa shape index (κ2) is 8.26. The van der Waals surface area contributed by atoms with Gasteiger partial charge in [-0.2, -0.15) is 0 Å². The zero-order valence-corrected chi connectivity index (χ0v) is 17.6. The van der Waals surface area contributed by atoms with Gasteiger partial charge >= 0.3 is 0 Å². The van der Waals surface area contributed by atoms with Gasteiger partial charge in [0.05, 0.1) is 5.56 Å². The Labute approximate surface area is 180 Å². The van der Waals surface area contributed by atoms with Gasteiger partial charge in [0.25, 0.3) is 5.91 Å². The van der Waals surface area contributed by atoms with Gasteiger partial charge in [0.1, 0.15) is 5.82 Å². The summed E-state index contributed by atoms with van der Waals surface area (Å²) in [6, 6.07) is 15.4. The van der Waals surface area contributed by atoms with Crippen LogP contribution < -0.4 is 10.6 Å². The van der Waals surface area contributed by atoms with Crippen molar-refractivity contribution in [3.8, 4) is 5.69 Å². The van der Waals surface area contributed by atoms with E-state index in [2.05, 4.69) is 4.90 Å². The van der Waals surface area contributed by atoms with Gasteiger partial charge in [0, 0.05) is 54.5 Å². The summed E-state index contributed by atoms with van der Waals surface area (Å²) in [7, 11) is 0. The molecule has 0 unspecified atom stereocenters. The fourth-order valence-electron chi connectivity index (χ4n) is 4.17. The summed E-state index contributed by atoms with van der Waals surface area (Å²) in [5.74, 6) is -0.768. The molecule has 2 amide bonds. The fraction of sp³-hybridized carbons (Fsp3) is 0.250. The molecule has 3 aromatic rings. The van der Waals surface area contributed by atoms with Gasteiger partial charge in [0.15, 0.2) is 0 Å². The van der Waals surface area contributed by atoms with E-state index in [1.807, 2.05) is 47.6 Å². The monoisotopic (exact) mass is 420 g/mol. The summed E-state index contributed by atoms with van der Waals surface area (Å²) < 4.78 is 15.6. The molecule has 2 heterocycles. The minimum absolute atomic E-state index is 0.0144. The van der Waals surface area contributed by atoms with Crippen LogP contribution in [0.2, 0.25) is 0 Å². The number of piperazine rings is 1. The Bertz CT molecular complexity index is 1130. The molecule has 0 atom stereocenters. The molecule has 4 rings (SSSR count). The molecule has 2 N–H and O–H groups in total. The minimum Gasteiger partial charge on any atom is -0.368 e. The first-order valence-electron chi connectivity index (χ1n) is 10.2. The van der Waals surface area contributed by atoms with Crippen molar-refractivity contribution in [1.29, 1.82) is 0 Å². The third-order valence-electron chi connectivity index (χ3n) is 5.81. The Kier molecular flexibility index (Phi) is 5.50. The molecule has 6 nitrogen and oxygen atoms in total. The average molecular weight is 420 g/mol. The maximum atomic E-state index is 13.7. The summed E-state index contributed by atoms with van der Waals surface area (Å²) in [6.07, 6.45) is 0. The lowest BCUT2D eigenvalue weighted by molar-refractivity contribution is 0.0746. The van der Waals surface area contributed by atoms with Crippen LogP contribution in [0.25, 0.3) is 5.69 Å². The molecule has 1 saturated heterocycles. The predicted molar refractivity (Wildman–Crippen MR) is 118 cm³/mol. The molecule has 7 heteroatoms. The molecule has 0 saturated carbocycles. The SMILES string of the molecule is Cc1cc(C(=O)N2CCN(c3ccc(C(N)=O)cc3)CC2)c(C)n1-c1cccc(F)c1. The summed E-state index contributed by atoms with van der Waals surface area (Å²) in [6.45, 7) is 6.40. The Morgan fingerprint density at radius 3 is 2.19 bits per heavy atom. The minimum atomic E-state index is -0.446. The van der Waals surface area contributed by atoms with E-state index < -0.39 is 5.91 Å². The highest BCUT2D eigenvalue weighted by molar-refractivity contribution is 5.96. The normalized spacial score (nSPS) is 14.0. The number of anilines is 1. The van der Waals surface area contributed by atoms with Gasteiger partial charge in [-0.3, -0.25) is 9.59 Å². The molecule has 0 bridgehead atoms. The first-order valence-corrected chi connectivity index (χ1v) is 10.2. The topological polar surface area (TPSA) is 71.6 Å². The lowest BCUT2D eigenvalue weighted by Crippen LogP contribution is -2.48. The van der Waals surface area contributed by atoms with E-state index >= 15 is 0 Å². The van der Waals surface area contributed by atoms with Crippen LogP contribution in [-0.4, -0.2) is 47.5 Å². The van der Waals surface area contributed by atoms with Crippen LogP contribution in [0.15, 0.2) is 54.6 Å². The second-order valence-electron chi connectivity index (χ2n) is 7.79. The molecular weight excluding hydrogens is 395 g/mol. The number of nitrogens with two attached hydrogens (primary N) is 1. The van der Waals surface area contributed by atoms with Gasteiger partial charge in [-0.05, 0) is 62.4 Å². The van der Waals surface area contributed by atoms with Crippen LogP contribution in [0.1, 0.15) is 32.1 Å². The summed E-state index contributed by atoms with van der Waals surface area (Å²) in [5, 5.41) is 0. The fourth-order valence-corrected chi connectivity index (χ4v) is 4.17. The van der Waals surface area contributed by atoms with Crippen molar-refractivity contribution in [1.82, 2.24) is 9.47 Å². The van der Waals surface area contributed by atoms with Crippen molar-refractivity contribution in [2.45, 2.75) is 13.8 Å². The highest BCUT2D eigenvalue weighted by Gasteiger charge is 2.25. The number of rotatable bonds is 4. The van der Waals surface area contributed by atoms with Gasteiger partial charge in [0.2, 0.25) is 5.91 Å². The van der Waals surface area contributed by atoms with Gasteiger partial charge in [-0.15, -0.1) is 0 Å². The Morgan fingerprint density at radius 2 is 1.58 bits per heavy atom. The quantitative estimate of drug-likeness (QED) is 0.704. The van der Waals surface area contributed by atoms with Gasteiger partial charge in [-0.1, -0.05) is 6.07 Å². The Balaban J connectivity index is 1.48. The first-order chi connectivity index (χ1) is 14.8. The molecule has 0 aliphatic carbocycles. The molecule has 160 valence electrons. The van der Waals surface area contributed by atoms with E-state index in [4.69, 9.17) is 5.73 Å². The number of carbonyl (C=O) groups excluding carboxylic acids is 2. The molecule has 1 aliphatic rings. The van der Waals surface area contributed by atoms with Crippen LogP contribution >= 0.6 is 0 Å². The summed E-state index contributed by atoms with van der Waals surface area (Å²) in [4.78, 5) is 28.5. The molecule has 0 radical (unpaired) electrons. The number of amides is 2. The number of carbonyl (C=O) groups is 2. The number of hydrogen-bond donors (Lipinski definition) is 1. The standard InChI is InChI=1S/C24H25FN4O2/c1-16-14-22(17(2)29(16)21-5-3-4-19(25)15-21)24(31)28-12-10-27(11-13-28)20-8-6-18(7-9-20)23(26)30/h3-9,14-15H,10-13H2,1-2H3,(H2,26,30). The van der Waals surface area contributed by atoms with Crippen molar-refractivity contribution in [2.24, 2.45) is 5.73 Å². The van der Waals surface area contributed by atoms with E-state index in [9.17, 15) is 14.0 Å². The predicted octanol–water partition coefficient (Wildman–Crippen LogP) is 3.29. The van der Waals surface area contributed by atoms with Crippen molar-refractivity contribution in [3.63, 3.8) is 0 Å². The largest absolute Gasteiger partial charge is 0.368 e. The highest BCUT2D eigenvalue weighted by atomic mass is 19.1. The molecule has 2 aromatic carbocycles. The third kappa shape index (κ3) is 4.03. The number of aromatic nitrogens is 1. The van der Waals surface area contributed by atoms with Crippen molar-refractivity contribution >= 4 is 17.5 Å². The number of nitrogens with zero attached hydrogens (tertiary/aromatic N) is 3. The second-order valence-corrected chi connectivity index (χ2v) is 7.79. The van der Waals surface area contributed by atoms with Crippen molar-refractivity contribution in [2.75, 3.05) is 31.1 Å². The lowest BCUT2D eigenvalue weighted by atomic mass is 10.1. The molecule has 1 aromatic heterocycles. The molecule has 31 heavy (non-hydrogen) atoms. The number of halogens is 1. The van der Waals surface area contributed by atoms with Crippen LogP contribution in [0.3, 0.4) is 0 Å². The maximum Gasteiger partial charge on any atom is 0.255 e. The zero-order valence-electron chi connectivity index (χ0n) is 17.6. The van der Waals surface area contributed by atoms with Crippen LogP contribution in [0.4, 0.5) is 10.1 Å². The van der Waals surface area contributed by atoms with E-state index in [1.165, 1.54) is 12.1 Å². The number of primary amides is 1. The molecule has 1 fully saturated rings. The molecular formula is C24H25FN4O2. The number of benzene rings is 2. The van der Waals surface area contributed by atoms with E-state index in [1.54, 1.807) is 18.2 Å². The Morgan fingerprint density at radius 1 is 0.903 bits per heavy atom. The molecule has 1 aliphatic heterocycles. The van der Waals surface area contributed by atoms with E-state index in [-0.39, 0.29) is 11.7 Å². The average Bonchev–Trinajstić information content (AvgIpc) is 3.07. The zero-order chi connectivity index (χ0) is 22.1. The van der Waals surface area contributed by atoms with Crippen LogP contribution in [0, 0.1) is 19.7 Å². The highest BCUT2D eigenvalue weighted by Crippen LogP contribution is 2.24. The Hall–Kier alpha value is -3.61. The summed E-state index contributed by atoms with van der Waals surface area (Å²) >= 11 is 0. The van der Waals surface area contributed by atoms with Crippen molar-refractivity contribution < 1.29 is 14.0 Å². The van der Waals surface area contributed by atoms with E-state index in [0.29, 0.717) is 43.0 Å². The summed E-state index contributed by atoms with van der Waals surface area (Å²) in [5.41, 5.74) is 9.82. The smallest absolute Gasteiger partial charge is 0.255 e. The van der Waals surface area contributed by atoms with E-state index in [0.717, 1.165) is 17.1 Å². The third-order valence-corrected chi connectivity index (χ3v) is 5.81. The van der Waals surface area contributed by atoms with Crippen molar-refractivity contribution in [3.05, 3.63) is 82.9 Å². The number of hydrogen-bond acceptors (Lipinski definition) is 3. The first kappa shape index (κ1) is 20.7. The molecule has 0 spiro atoms. The van der Waals surface area contributed by atoms with Crippen LogP contribution in [-0.2, 0) is 0 Å². The number of aryl methyl sites for hydroxylation is 1. The lowest BCUT2D eigenvalue weighted by Gasteiger charge is -2.36. The van der Waals surface area contributed by atoms with Crippen LogP contribution in [0.5, 0.6) is 0 Å². The van der Waals surface area contributed by atoms with Gasteiger partial charge < -0.3 is 20.1 Å². The van der Waals surface area contributed by atoms with Gasteiger partial charge in [-0.25, -0.2) is 4.39 Å².